The van der Waals surface area contributed by atoms with Gasteiger partial charge >= 0.3 is 5.69 Å². The first kappa shape index (κ1) is 22.0. The Kier molecular flexibility index (Phi) is 6.17. The number of hydrogen-bond acceptors (Lipinski definition) is 5. The molecule has 2 N–H and O–H groups in total. The molecule has 1 aromatic heterocycles. The standard InChI is InChI=1S/C25H24ClN3O3S/c26-16-12-10-15(11-13-16)21-14-19(27-18-8-4-5-9-20(18)33-21)22-23(30)28-25(32)29(24(22)31)17-6-2-1-3-7-17/h4-5,8-13,17,21,31H,1-3,6-7,14H2,(H,28,30,32). The third kappa shape index (κ3) is 4.39. The van der Waals surface area contributed by atoms with E-state index in [1.807, 2.05) is 48.5 Å². The van der Waals surface area contributed by atoms with Crippen molar-refractivity contribution in [3.63, 3.8) is 0 Å². The predicted molar refractivity (Wildman–Crippen MR) is 132 cm³/mol. The van der Waals surface area contributed by atoms with E-state index in [9.17, 15) is 14.7 Å². The molecule has 1 aliphatic carbocycles. The van der Waals surface area contributed by atoms with Gasteiger partial charge in [-0.05, 0) is 42.7 Å². The Morgan fingerprint density at radius 2 is 1.76 bits per heavy atom. The maximum atomic E-state index is 13.0. The number of aliphatic imine (C=N–C) groups is 1. The molecule has 5 rings (SSSR count). The molecule has 170 valence electrons. The Morgan fingerprint density at radius 1 is 1.03 bits per heavy atom. The van der Waals surface area contributed by atoms with Gasteiger partial charge in [0.15, 0.2) is 0 Å². The van der Waals surface area contributed by atoms with Crippen molar-refractivity contribution >= 4 is 34.8 Å². The van der Waals surface area contributed by atoms with Crippen molar-refractivity contribution in [1.29, 1.82) is 0 Å². The summed E-state index contributed by atoms with van der Waals surface area (Å²) in [6.45, 7) is 0. The van der Waals surface area contributed by atoms with Crippen molar-refractivity contribution in [2.45, 2.75) is 54.7 Å². The largest absolute Gasteiger partial charge is 0.494 e. The zero-order valence-corrected chi connectivity index (χ0v) is 19.5. The third-order valence-electron chi connectivity index (χ3n) is 6.36. The first-order valence-corrected chi connectivity index (χ1v) is 12.4. The van der Waals surface area contributed by atoms with E-state index in [0.29, 0.717) is 17.2 Å². The molecule has 6 nitrogen and oxygen atoms in total. The smallest absolute Gasteiger partial charge is 0.331 e. The van der Waals surface area contributed by atoms with E-state index in [1.54, 1.807) is 11.8 Å². The van der Waals surface area contributed by atoms with Crippen molar-refractivity contribution in [2.24, 2.45) is 4.99 Å². The van der Waals surface area contributed by atoms with Crippen LogP contribution in [0.5, 0.6) is 5.88 Å². The highest BCUT2D eigenvalue weighted by Gasteiger charge is 2.29. The molecule has 1 fully saturated rings. The van der Waals surface area contributed by atoms with E-state index in [1.165, 1.54) is 4.57 Å². The van der Waals surface area contributed by atoms with Crippen LogP contribution in [0.25, 0.3) is 0 Å². The van der Waals surface area contributed by atoms with E-state index in [2.05, 4.69) is 4.98 Å². The lowest BCUT2D eigenvalue weighted by atomic mass is 9.95. The number of nitrogens with one attached hydrogen (secondary N) is 1. The fraction of sp³-hybridized carbons (Fsp3) is 0.320. The maximum Gasteiger partial charge on any atom is 0.331 e. The normalized spacial score (nSPS) is 18.9. The van der Waals surface area contributed by atoms with E-state index in [0.717, 1.165) is 48.3 Å². The molecule has 1 unspecified atom stereocenters. The summed E-state index contributed by atoms with van der Waals surface area (Å²) in [6, 6.07) is 15.3. The minimum atomic E-state index is -0.609. The summed E-state index contributed by atoms with van der Waals surface area (Å²) >= 11 is 7.76. The number of fused-ring (bicyclic) bond motifs is 1. The van der Waals surface area contributed by atoms with Gasteiger partial charge in [0.1, 0.15) is 5.56 Å². The molecule has 0 spiro atoms. The maximum absolute atomic E-state index is 13.0. The van der Waals surface area contributed by atoms with Gasteiger partial charge in [-0.25, -0.2) is 4.79 Å². The highest BCUT2D eigenvalue weighted by Crippen LogP contribution is 2.46. The number of hydrogen-bond donors (Lipinski definition) is 2. The van der Waals surface area contributed by atoms with Gasteiger partial charge in [0.25, 0.3) is 5.56 Å². The summed E-state index contributed by atoms with van der Waals surface area (Å²) in [5.41, 5.74) is 1.16. The molecule has 0 bridgehead atoms. The zero-order valence-electron chi connectivity index (χ0n) is 18.0. The minimum absolute atomic E-state index is 0.0430. The predicted octanol–water partition coefficient (Wildman–Crippen LogP) is 5.76. The van der Waals surface area contributed by atoms with Gasteiger partial charge in [-0.1, -0.05) is 55.1 Å². The third-order valence-corrected chi connectivity index (χ3v) is 7.93. The van der Waals surface area contributed by atoms with Crippen molar-refractivity contribution in [3.05, 3.63) is 85.5 Å². The van der Waals surface area contributed by atoms with Gasteiger partial charge in [0, 0.05) is 27.6 Å². The number of aromatic nitrogens is 2. The molecule has 0 saturated heterocycles. The van der Waals surface area contributed by atoms with Crippen LogP contribution in [0.1, 0.15) is 60.9 Å². The van der Waals surface area contributed by atoms with Gasteiger partial charge in [-0.3, -0.25) is 19.3 Å². The lowest BCUT2D eigenvalue weighted by molar-refractivity contribution is 0.298. The number of halogens is 1. The van der Waals surface area contributed by atoms with Crippen molar-refractivity contribution in [2.75, 3.05) is 0 Å². The van der Waals surface area contributed by atoms with E-state index >= 15 is 0 Å². The summed E-state index contributed by atoms with van der Waals surface area (Å²) in [6.07, 6.45) is 5.13. The van der Waals surface area contributed by atoms with Crippen molar-refractivity contribution < 1.29 is 5.11 Å². The van der Waals surface area contributed by atoms with Crippen LogP contribution in [-0.2, 0) is 0 Å². The highest BCUT2D eigenvalue weighted by atomic mass is 35.5. The molecule has 1 saturated carbocycles. The van der Waals surface area contributed by atoms with Crippen LogP contribution in [0.4, 0.5) is 5.69 Å². The second-order valence-electron chi connectivity index (χ2n) is 8.51. The van der Waals surface area contributed by atoms with E-state index in [-0.39, 0.29) is 22.7 Å². The van der Waals surface area contributed by atoms with Gasteiger partial charge < -0.3 is 5.11 Å². The summed E-state index contributed by atoms with van der Waals surface area (Å²) in [5.74, 6) is -0.284. The molecular weight excluding hydrogens is 458 g/mol. The molecule has 1 atom stereocenters. The highest BCUT2D eigenvalue weighted by molar-refractivity contribution is 7.99. The zero-order chi connectivity index (χ0) is 22.9. The first-order chi connectivity index (χ1) is 16.0. The Hall–Kier alpha value is -2.77. The SMILES string of the molecule is O=c1[nH]c(=O)n(C2CCCCC2)c(O)c1C1=Nc2ccccc2SC(c2ccc(Cl)cc2)C1. The minimum Gasteiger partial charge on any atom is -0.494 e. The van der Waals surface area contributed by atoms with Crippen molar-refractivity contribution in [1.82, 2.24) is 9.55 Å². The second kappa shape index (κ2) is 9.23. The average Bonchev–Trinajstić information content (AvgIpc) is 2.99. The van der Waals surface area contributed by atoms with Gasteiger partial charge in [-0.15, -0.1) is 11.8 Å². The molecule has 3 aromatic rings. The lowest BCUT2D eigenvalue weighted by Crippen LogP contribution is -2.36. The number of thioether (sulfide) groups is 1. The Morgan fingerprint density at radius 3 is 2.52 bits per heavy atom. The van der Waals surface area contributed by atoms with Gasteiger partial charge in [-0.2, -0.15) is 0 Å². The summed E-state index contributed by atoms with van der Waals surface area (Å²) in [5, 5.41) is 11.8. The number of aromatic hydroxyl groups is 1. The molecule has 0 radical (unpaired) electrons. The van der Waals surface area contributed by atoms with Crippen LogP contribution < -0.4 is 11.2 Å². The Labute approximate surface area is 200 Å². The number of benzene rings is 2. The molecule has 2 aromatic carbocycles. The second-order valence-corrected chi connectivity index (χ2v) is 10.2. The van der Waals surface area contributed by atoms with Crippen LogP contribution >= 0.6 is 23.4 Å². The fourth-order valence-electron chi connectivity index (χ4n) is 4.71. The number of rotatable bonds is 3. The molecule has 2 aliphatic rings. The Bertz CT molecular complexity index is 1320. The molecule has 1 aliphatic heterocycles. The summed E-state index contributed by atoms with van der Waals surface area (Å²) < 4.78 is 1.36. The average molecular weight is 482 g/mol. The van der Waals surface area contributed by atoms with Crippen LogP contribution in [0.15, 0.2) is 68.0 Å². The van der Waals surface area contributed by atoms with E-state index in [4.69, 9.17) is 16.6 Å². The lowest BCUT2D eigenvalue weighted by Gasteiger charge is -2.25. The number of para-hydroxylation sites is 1. The van der Waals surface area contributed by atoms with E-state index < -0.39 is 11.2 Å². The van der Waals surface area contributed by atoms with Crippen LogP contribution in [0, 0.1) is 0 Å². The van der Waals surface area contributed by atoms with Crippen molar-refractivity contribution in [3.8, 4) is 5.88 Å². The molecule has 0 amide bonds. The fourth-order valence-corrected chi connectivity index (χ4v) is 6.07. The van der Waals surface area contributed by atoms with Gasteiger partial charge in [0.2, 0.25) is 5.88 Å². The molecule has 33 heavy (non-hydrogen) atoms. The number of nitrogens with zero attached hydrogens (tertiary/aromatic N) is 2. The summed E-state index contributed by atoms with van der Waals surface area (Å²) in [7, 11) is 0. The number of H-pyrrole nitrogens is 1. The summed E-state index contributed by atoms with van der Waals surface area (Å²) in [4.78, 5) is 33.9. The van der Waals surface area contributed by atoms with Gasteiger partial charge in [0.05, 0.1) is 11.4 Å². The molecule has 8 heteroatoms. The van der Waals surface area contributed by atoms with Crippen LogP contribution in [-0.4, -0.2) is 20.4 Å². The Balaban J connectivity index is 1.65. The quantitative estimate of drug-likeness (QED) is 0.498. The van der Waals surface area contributed by atoms with Crippen LogP contribution in [0.3, 0.4) is 0 Å². The van der Waals surface area contributed by atoms with Crippen LogP contribution in [0.2, 0.25) is 5.02 Å². The number of aromatic amines is 1. The molecule has 2 heterocycles. The monoisotopic (exact) mass is 481 g/mol. The first-order valence-electron chi connectivity index (χ1n) is 11.2. The molecular formula is C25H24ClN3O3S. The topological polar surface area (TPSA) is 87.5 Å².